The Bertz CT molecular complexity index is 707. The van der Waals surface area contributed by atoms with E-state index in [1.165, 1.54) is 25.3 Å². The largest absolute Gasteiger partial charge is 0.497 e. The van der Waals surface area contributed by atoms with Gasteiger partial charge in [0.25, 0.3) is 5.91 Å². The molecule has 1 amide bonds. The molecule has 2 aromatic rings. The number of anilines is 1. The summed E-state index contributed by atoms with van der Waals surface area (Å²) < 4.78 is 42.6. The van der Waals surface area contributed by atoms with E-state index in [9.17, 15) is 18.0 Å². The van der Waals surface area contributed by atoms with Gasteiger partial charge in [0.1, 0.15) is 22.3 Å². The quantitative estimate of drug-likeness (QED) is 0.875. The Morgan fingerprint density at radius 3 is 2.68 bits per heavy atom. The molecule has 0 aromatic carbocycles. The van der Waals surface area contributed by atoms with Crippen LogP contribution >= 0.6 is 11.6 Å². The van der Waals surface area contributed by atoms with Gasteiger partial charge >= 0.3 is 6.18 Å². The Morgan fingerprint density at radius 2 is 2.05 bits per heavy atom. The summed E-state index contributed by atoms with van der Waals surface area (Å²) in [4.78, 5) is 19.0. The van der Waals surface area contributed by atoms with Crippen LogP contribution in [0.3, 0.4) is 0 Å². The normalized spacial score (nSPS) is 11.1. The molecule has 0 bridgehead atoms. The molecule has 2 rings (SSSR count). The lowest BCUT2D eigenvalue weighted by atomic mass is 10.2. The molecular weight excluding hydrogens is 323 g/mol. The third-order valence-electron chi connectivity index (χ3n) is 2.54. The number of alkyl halides is 3. The lowest BCUT2D eigenvalue weighted by Gasteiger charge is -2.09. The van der Waals surface area contributed by atoms with Crippen LogP contribution < -0.4 is 10.1 Å². The van der Waals surface area contributed by atoms with Crippen LogP contribution in [0.2, 0.25) is 5.15 Å². The molecule has 0 unspecified atom stereocenters. The number of aromatic nitrogens is 2. The number of nitrogens with one attached hydrogen (secondary N) is 1. The van der Waals surface area contributed by atoms with Crippen molar-refractivity contribution < 1.29 is 22.7 Å². The lowest BCUT2D eigenvalue weighted by Crippen LogP contribution is -2.15. The van der Waals surface area contributed by atoms with Crippen molar-refractivity contribution in [1.29, 1.82) is 0 Å². The predicted molar refractivity (Wildman–Crippen MR) is 73.0 cm³/mol. The zero-order valence-electron chi connectivity index (χ0n) is 11.1. The van der Waals surface area contributed by atoms with Gasteiger partial charge in [-0.1, -0.05) is 11.6 Å². The van der Waals surface area contributed by atoms with Crippen molar-refractivity contribution in [2.24, 2.45) is 0 Å². The molecule has 0 atom stereocenters. The molecule has 0 saturated carbocycles. The molecule has 1 N–H and O–H groups in total. The van der Waals surface area contributed by atoms with Crippen LogP contribution in [0.25, 0.3) is 0 Å². The van der Waals surface area contributed by atoms with E-state index in [0.29, 0.717) is 5.75 Å². The van der Waals surface area contributed by atoms with Crippen molar-refractivity contribution >= 4 is 23.2 Å². The van der Waals surface area contributed by atoms with Gasteiger partial charge in [-0.05, 0) is 12.1 Å². The van der Waals surface area contributed by atoms with E-state index in [1.54, 1.807) is 0 Å². The van der Waals surface area contributed by atoms with Gasteiger partial charge in [-0.15, -0.1) is 0 Å². The number of hydrogen-bond donors (Lipinski definition) is 1. The maximum Gasteiger partial charge on any atom is 0.433 e. The molecular formula is C13H9ClF3N3O2. The van der Waals surface area contributed by atoms with Crippen molar-refractivity contribution in [2.75, 3.05) is 12.4 Å². The second kappa shape index (κ2) is 6.18. The Hall–Kier alpha value is -2.35. The number of hydrogen-bond acceptors (Lipinski definition) is 4. The third kappa shape index (κ3) is 3.85. The molecule has 0 aliphatic carbocycles. The third-order valence-corrected chi connectivity index (χ3v) is 2.74. The number of ether oxygens (including phenoxy) is 1. The van der Waals surface area contributed by atoms with Crippen LogP contribution in [0.5, 0.6) is 5.75 Å². The highest BCUT2D eigenvalue weighted by atomic mass is 35.5. The summed E-state index contributed by atoms with van der Waals surface area (Å²) in [6, 6.07) is 4.66. The van der Waals surface area contributed by atoms with Gasteiger partial charge in [-0.3, -0.25) is 9.78 Å². The topological polar surface area (TPSA) is 64.1 Å². The van der Waals surface area contributed by atoms with E-state index in [-0.39, 0.29) is 16.5 Å². The number of methoxy groups -OCH3 is 1. The van der Waals surface area contributed by atoms with Gasteiger partial charge in [0, 0.05) is 24.0 Å². The molecule has 0 aliphatic heterocycles. The summed E-state index contributed by atoms with van der Waals surface area (Å²) in [7, 11) is 1.38. The first kappa shape index (κ1) is 16.0. The van der Waals surface area contributed by atoms with E-state index >= 15 is 0 Å². The number of amides is 1. The Balaban J connectivity index is 2.24. The van der Waals surface area contributed by atoms with E-state index in [1.807, 2.05) is 0 Å². The van der Waals surface area contributed by atoms with Gasteiger partial charge in [-0.2, -0.15) is 13.2 Å². The van der Waals surface area contributed by atoms with E-state index in [0.717, 1.165) is 12.3 Å². The first-order valence-electron chi connectivity index (χ1n) is 5.86. The summed E-state index contributed by atoms with van der Waals surface area (Å²) in [6.07, 6.45) is -3.65. The van der Waals surface area contributed by atoms with Crippen molar-refractivity contribution in [3.05, 3.63) is 47.0 Å². The first-order valence-corrected chi connectivity index (χ1v) is 6.23. The van der Waals surface area contributed by atoms with E-state index < -0.39 is 17.8 Å². The average molecular weight is 332 g/mol. The van der Waals surface area contributed by atoms with Crippen LogP contribution in [-0.4, -0.2) is 23.0 Å². The van der Waals surface area contributed by atoms with Crippen LogP contribution in [0, 0.1) is 0 Å². The summed E-state index contributed by atoms with van der Waals surface area (Å²) in [5, 5.41) is 2.32. The molecule has 22 heavy (non-hydrogen) atoms. The summed E-state index contributed by atoms with van der Waals surface area (Å²) >= 11 is 5.73. The first-order chi connectivity index (χ1) is 10.3. The Kier molecular flexibility index (Phi) is 4.51. The molecule has 0 radical (unpaired) electrons. The number of carbonyl (C=O) groups is 1. The molecule has 0 saturated heterocycles. The molecule has 0 aliphatic rings. The molecule has 2 heterocycles. The molecule has 2 aromatic heterocycles. The van der Waals surface area contributed by atoms with E-state index in [2.05, 4.69) is 15.3 Å². The van der Waals surface area contributed by atoms with E-state index in [4.69, 9.17) is 16.3 Å². The number of halogens is 4. The van der Waals surface area contributed by atoms with Gasteiger partial charge in [0.05, 0.1) is 7.11 Å². The lowest BCUT2D eigenvalue weighted by molar-refractivity contribution is -0.141. The van der Waals surface area contributed by atoms with Crippen LogP contribution in [-0.2, 0) is 6.18 Å². The molecule has 116 valence electrons. The van der Waals surface area contributed by atoms with Crippen LogP contribution in [0.15, 0.2) is 30.5 Å². The maximum absolute atomic E-state index is 12.6. The van der Waals surface area contributed by atoms with Crippen molar-refractivity contribution in [3.8, 4) is 5.75 Å². The molecule has 0 fully saturated rings. The fraction of sp³-hybridized carbons (Fsp3) is 0.154. The van der Waals surface area contributed by atoms with Crippen molar-refractivity contribution in [1.82, 2.24) is 9.97 Å². The zero-order chi connectivity index (χ0) is 16.3. The smallest absolute Gasteiger partial charge is 0.433 e. The minimum atomic E-state index is -4.60. The maximum atomic E-state index is 12.6. The minimum absolute atomic E-state index is 0.0233. The molecule has 9 heteroatoms. The summed E-state index contributed by atoms with van der Waals surface area (Å²) in [5.74, 6) is -0.420. The number of rotatable bonds is 3. The number of pyridine rings is 2. The Labute approximate surface area is 128 Å². The molecule has 0 spiro atoms. The highest BCUT2D eigenvalue weighted by Gasteiger charge is 2.32. The van der Waals surface area contributed by atoms with Gasteiger partial charge in [0.2, 0.25) is 0 Å². The average Bonchev–Trinajstić information content (AvgIpc) is 2.46. The fourth-order valence-electron chi connectivity index (χ4n) is 1.57. The fourth-order valence-corrected chi connectivity index (χ4v) is 1.76. The highest BCUT2D eigenvalue weighted by molar-refractivity contribution is 6.29. The van der Waals surface area contributed by atoms with Crippen LogP contribution in [0.1, 0.15) is 16.2 Å². The minimum Gasteiger partial charge on any atom is -0.497 e. The van der Waals surface area contributed by atoms with Gasteiger partial charge < -0.3 is 10.1 Å². The van der Waals surface area contributed by atoms with Gasteiger partial charge in [0.15, 0.2) is 0 Å². The summed E-state index contributed by atoms with van der Waals surface area (Å²) in [5.41, 5.74) is -1.26. The number of nitrogens with zero attached hydrogens (tertiary/aromatic N) is 2. The zero-order valence-corrected chi connectivity index (χ0v) is 11.9. The Morgan fingerprint density at radius 1 is 1.32 bits per heavy atom. The van der Waals surface area contributed by atoms with Gasteiger partial charge in [-0.25, -0.2) is 4.98 Å². The molecule has 5 nitrogen and oxygen atoms in total. The SMILES string of the molecule is COc1cc(Cl)nc(C(=O)Nc2ccnc(C(F)(F)F)c2)c1. The summed E-state index contributed by atoms with van der Waals surface area (Å²) in [6.45, 7) is 0. The monoisotopic (exact) mass is 331 g/mol. The van der Waals surface area contributed by atoms with Crippen molar-refractivity contribution in [3.63, 3.8) is 0 Å². The van der Waals surface area contributed by atoms with Crippen LogP contribution in [0.4, 0.5) is 18.9 Å². The second-order valence-electron chi connectivity index (χ2n) is 4.10. The number of carbonyl (C=O) groups excluding carboxylic acids is 1. The highest BCUT2D eigenvalue weighted by Crippen LogP contribution is 2.29. The second-order valence-corrected chi connectivity index (χ2v) is 4.48. The van der Waals surface area contributed by atoms with Crippen molar-refractivity contribution in [2.45, 2.75) is 6.18 Å². The standard InChI is InChI=1S/C13H9ClF3N3O2/c1-22-8-5-9(20-11(14)6-8)12(21)19-7-2-3-18-10(4-7)13(15,16)17/h2-6H,1H3,(H,18,19,21). The predicted octanol–water partition coefficient (Wildman–Crippen LogP) is 3.41.